The van der Waals surface area contributed by atoms with Crippen LogP contribution < -0.4 is 4.74 Å². The molecule has 0 aliphatic carbocycles. The van der Waals surface area contributed by atoms with Crippen LogP contribution in [0.25, 0.3) is 0 Å². The smallest absolute Gasteiger partial charge is 0.312 e. The van der Waals surface area contributed by atoms with Crippen molar-refractivity contribution in [2.45, 2.75) is 45.3 Å². The number of nitro groups is 1. The Hall–Kier alpha value is -3.25. The first kappa shape index (κ1) is 23.4. The molecule has 0 atom stereocenters. The van der Waals surface area contributed by atoms with Crippen molar-refractivity contribution >= 4 is 23.7 Å². The number of nitrogens with zero attached hydrogens (tertiary/aromatic N) is 7. The lowest BCUT2D eigenvalue weighted by molar-refractivity contribution is -0.386. The first-order chi connectivity index (χ1) is 15.3. The molecule has 0 unspecified atom stereocenters. The molecule has 3 aromatic rings. The number of rotatable bonds is 10. The van der Waals surface area contributed by atoms with Crippen molar-refractivity contribution in [3.63, 3.8) is 0 Å². The van der Waals surface area contributed by atoms with Gasteiger partial charge in [-0.15, -0.1) is 10.2 Å². The van der Waals surface area contributed by atoms with Gasteiger partial charge >= 0.3 is 5.69 Å². The Morgan fingerprint density at radius 2 is 2.06 bits per heavy atom. The molecule has 0 saturated heterocycles. The summed E-state index contributed by atoms with van der Waals surface area (Å²) in [5.41, 5.74) is 2.71. The first-order valence-corrected chi connectivity index (χ1v) is 10.9. The molecule has 0 radical (unpaired) electrons. The minimum Gasteiger partial charge on any atom is -0.496 e. The molecular formula is C20H25N7O4S. The fraction of sp³-hybridized carbons (Fsp3) is 0.400. The van der Waals surface area contributed by atoms with Gasteiger partial charge in [-0.25, -0.2) is 0 Å². The normalized spacial score (nSPS) is 11.4. The molecule has 0 aliphatic heterocycles. The van der Waals surface area contributed by atoms with Gasteiger partial charge in [-0.2, -0.15) is 14.9 Å². The van der Waals surface area contributed by atoms with Crippen molar-refractivity contribution in [2.24, 2.45) is 5.10 Å². The van der Waals surface area contributed by atoms with Gasteiger partial charge in [-0.05, 0) is 51.5 Å². The maximum atomic E-state index is 11.2. The number of aromatic nitrogens is 5. The van der Waals surface area contributed by atoms with E-state index in [0.717, 1.165) is 16.9 Å². The molecule has 170 valence electrons. The van der Waals surface area contributed by atoms with Crippen LogP contribution in [0.1, 0.15) is 35.3 Å². The molecule has 3 rings (SSSR count). The second kappa shape index (κ2) is 10.4. The summed E-state index contributed by atoms with van der Waals surface area (Å²) >= 11 is 1.34. The zero-order valence-corrected chi connectivity index (χ0v) is 19.4. The number of thioether (sulfide) groups is 1. The second-order valence-electron chi connectivity index (χ2n) is 6.84. The van der Waals surface area contributed by atoms with Gasteiger partial charge in [0.15, 0.2) is 5.82 Å². The van der Waals surface area contributed by atoms with Gasteiger partial charge < -0.3 is 9.47 Å². The van der Waals surface area contributed by atoms with E-state index >= 15 is 0 Å². The van der Waals surface area contributed by atoms with E-state index in [1.807, 2.05) is 25.1 Å². The van der Waals surface area contributed by atoms with E-state index in [2.05, 4.69) is 20.4 Å². The highest BCUT2D eigenvalue weighted by molar-refractivity contribution is 7.98. The van der Waals surface area contributed by atoms with E-state index in [9.17, 15) is 10.1 Å². The van der Waals surface area contributed by atoms with Crippen LogP contribution in [-0.4, -0.2) is 49.5 Å². The highest BCUT2D eigenvalue weighted by Crippen LogP contribution is 2.26. The van der Waals surface area contributed by atoms with Gasteiger partial charge in [0.1, 0.15) is 17.1 Å². The van der Waals surface area contributed by atoms with Gasteiger partial charge in [0.25, 0.3) is 0 Å². The number of methoxy groups -OCH3 is 1. The Balaban J connectivity index is 1.79. The van der Waals surface area contributed by atoms with Crippen molar-refractivity contribution in [1.82, 2.24) is 24.7 Å². The highest BCUT2D eigenvalue weighted by Gasteiger charge is 2.22. The number of hydrogen-bond acceptors (Lipinski definition) is 9. The first-order valence-electron chi connectivity index (χ1n) is 9.87. The Morgan fingerprint density at radius 3 is 2.72 bits per heavy atom. The van der Waals surface area contributed by atoms with E-state index in [-0.39, 0.29) is 5.69 Å². The SMILES string of the molecule is CCOCc1cc(C=Nn2c(C)nnc2SCn2nc(C)c([N+](=O)[O-])c2C)ccc1OC. The van der Waals surface area contributed by atoms with E-state index in [0.29, 0.717) is 41.5 Å². The maximum absolute atomic E-state index is 11.2. The van der Waals surface area contributed by atoms with Gasteiger partial charge in [-0.3, -0.25) is 14.8 Å². The molecule has 0 fully saturated rings. The minimum atomic E-state index is -0.412. The summed E-state index contributed by atoms with van der Waals surface area (Å²) in [4.78, 5) is 10.8. The molecule has 2 heterocycles. The van der Waals surface area contributed by atoms with Crippen molar-refractivity contribution in [1.29, 1.82) is 0 Å². The molecule has 32 heavy (non-hydrogen) atoms. The predicted octanol–water partition coefficient (Wildman–Crippen LogP) is 3.49. The van der Waals surface area contributed by atoms with Crippen LogP contribution in [0, 0.1) is 30.9 Å². The Labute approximate surface area is 189 Å². The monoisotopic (exact) mass is 459 g/mol. The van der Waals surface area contributed by atoms with Crippen molar-refractivity contribution in [3.05, 3.63) is 56.7 Å². The lowest BCUT2D eigenvalue weighted by Gasteiger charge is -2.09. The number of benzene rings is 1. The third kappa shape index (κ3) is 5.14. The van der Waals surface area contributed by atoms with E-state index in [4.69, 9.17) is 9.47 Å². The van der Waals surface area contributed by atoms with Crippen molar-refractivity contribution < 1.29 is 14.4 Å². The summed E-state index contributed by atoms with van der Waals surface area (Å²) < 4.78 is 14.1. The van der Waals surface area contributed by atoms with Crippen LogP contribution in [0.2, 0.25) is 0 Å². The Kier molecular flexibility index (Phi) is 7.59. The van der Waals surface area contributed by atoms with E-state index in [1.165, 1.54) is 11.8 Å². The van der Waals surface area contributed by atoms with Gasteiger partial charge in [0, 0.05) is 12.2 Å². The molecule has 11 nitrogen and oxygen atoms in total. The molecule has 0 saturated carbocycles. The molecular weight excluding hydrogens is 434 g/mol. The van der Waals surface area contributed by atoms with Gasteiger partial charge in [-0.1, -0.05) is 11.8 Å². The summed E-state index contributed by atoms with van der Waals surface area (Å²) in [6.07, 6.45) is 1.71. The maximum Gasteiger partial charge on any atom is 0.312 e. The third-order valence-electron chi connectivity index (χ3n) is 4.70. The van der Waals surface area contributed by atoms with Crippen LogP contribution in [0.5, 0.6) is 5.75 Å². The zero-order chi connectivity index (χ0) is 23.3. The summed E-state index contributed by atoms with van der Waals surface area (Å²) in [7, 11) is 1.62. The zero-order valence-electron chi connectivity index (χ0n) is 18.6. The van der Waals surface area contributed by atoms with Gasteiger partial charge in [0.2, 0.25) is 5.16 Å². The Morgan fingerprint density at radius 1 is 1.28 bits per heavy atom. The molecule has 0 N–H and O–H groups in total. The fourth-order valence-electron chi connectivity index (χ4n) is 3.09. The predicted molar refractivity (Wildman–Crippen MR) is 120 cm³/mol. The second-order valence-corrected chi connectivity index (χ2v) is 7.76. The largest absolute Gasteiger partial charge is 0.496 e. The molecule has 0 amide bonds. The number of aryl methyl sites for hydroxylation is 2. The van der Waals surface area contributed by atoms with Gasteiger partial charge in [0.05, 0.1) is 30.7 Å². The summed E-state index contributed by atoms with van der Waals surface area (Å²) in [5, 5.41) is 28.8. The quantitative estimate of drug-likeness (QED) is 0.195. The van der Waals surface area contributed by atoms with Crippen LogP contribution in [0.15, 0.2) is 28.5 Å². The topological polar surface area (TPSA) is 122 Å². The lowest BCUT2D eigenvalue weighted by Crippen LogP contribution is -2.03. The van der Waals surface area contributed by atoms with Crippen LogP contribution >= 0.6 is 11.8 Å². The third-order valence-corrected chi connectivity index (χ3v) is 5.58. The highest BCUT2D eigenvalue weighted by atomic mass is 32.2. The number of hydrogen-bond donors (Lipinski definition) is 0. The molecule has 2 aromatic heterocycles. The van der Waals surface area contributed by atoms with Crippen LogP contribution in [-0.2, 0) is 17.2 Å². The van der Waals surface area contributed by atoms with Crippen LogP contribution in [0.4, 0.5) is 5.69 Å². The van der Waals surface area contributed by atoms with Crippen molar-refractivity contribution in [2.75, 3.05) is 13.7 Å². The number of ether oxygens (including phenoxy) is 2. The average Bonchev–Trinajstić information content (AvgIpc) is 3.26. The molecule has 0 spiro atoms. The summed E-state index contributed by atoms with van der Waals surface area (Å²) in [6, 6.07) is 5.74. The van der Waals surface area contributed by atoms with Crippen LogP contribution in [0.3, 0.4) is 0 Å². The fourth-order valence-corrected chi connectivity index (χ4v) is 3.97. The van der Waals surface area contributed by atoms with E-state index < -0.39 is 4.92 Å². The Bertz CT molecular complexity index is 1140. The minimum absolute atomic E-state index is 0.0311. The molecule has 0 bridgehead atoms. The molecule has 0 aliphatic rings. The summed E-state index contributed by atoms with van der Waals surface area (Å²) in [6.45, 7) is 8.10. The molecule has 1 aromatic carbocycles. The summed E-state index contributed by atoms with van der Waals surface area (Å²) in [5.74, 6) is 1.72. The lowest BCUT2D eigenvalue weighted by atomic mass is 10.1. The van der Waals surface area contributed by atoms with Crippen molar-refractivity contribution in [3.8, 4) is 5.75 Å². The standard InChI is InChI=1S/C20H25N7O4S/c1-6-31-11-17-9-16(7-8-18(17)30-5)10-21-26-15(4)22-23-20(26)32-12-25-14(3)19(27(28)29)13(2)24-25/h7-10H,6,11-12H2,1-5H3. The molecule has 12 heteroatoms. The average molecular weight is 460 g/mol. The van der Waals surface area contributed by atoms with E-state index in [1.54, 1.807) is 43.5 Å².